The molecule has 3 heterocycles. The lowest BCUT2D eigenvalue weighted by molar-refractivity contribution is 0.111. The van der Waals surface area contributed by atoms with Gasteiger partial charge in [0, 0.05) is 37.1 Å². The zero-order valence-corrected chi connectivity index (χ0v) is 18.5. The van der Waals surface area contributed by atoms with E-state index in [9.17, 15) is 5.11 Å². The molecule has 1 aliphatic heterocycles. The molecule has 0 unspecified atom stereocenters. The summed E-state index contributed by atoms with van der Waals surface area (Å²) in [6.45, 7) is 6.38. The molecule has 2 aromatic heterocycles. The third kappa shape index (κ3) is 4.83. The molecule has 4 rings (SSSR count). The number of rotatable bonds is 6. The van der Waals surface area contributed by atoms with E-state index in [1.54, 1.807) is 0 Å². The van der Waals surface area contributed by atoms with Gasteiger partial charge in [-0.25, -0.2) is 15.0 Å². The Labute approximate surface area is 179 Å². The smallest absolute Gasteiger partial charge is 0.224 e. The number of hydrogen-bond acceptors (Lipinski definition) is 7. The van der Waals surface area contributed by atoms with Crippen molar-refractivity contribution in [1.29, 1.82) is 0 Å². The fraction of sp³-hybridized carbons (Fsp3) is 0.696. The number of aromatic nitrogens is 3. The van der Waals surface area contributed by atoms with Crippen molar-refractivity contribution >= 4 is 16.9 Å². The van der Waals surface area contributed by atoms with Gasteiger partial charge < -0.3 is 20.1 Å². The molecule has 1 saturated heterocycles. The molecule has 7 heteroatoms. The van der Waals surface area contributed by atoms with Crippen LogP contribution in [-0.4, -0.2) is 63.3 Å². The van der Waals surface area contributed by atoms with Gasteiger partial charge in [0.05, 0.1) is 17.0 Å². The normalized spacial score (nSPS) is 24.7. The first-order valence-corrected chi connectivity index (χ1v) is 11.5. The summed E-state index contributed by atoms with van der Waals surface area (Å²) in [5.74, 6) is 1.67. The lowest BCUT2D eigenvalue weighted by Crippen LogP contribution is -2.35. The zero-order chi connectivity index (χ0) is 21.1. The topological polar surface area (TPSA) is 83.4 Å². The quantitative estimate of drug-likeness (QED) is 0.746. The molecule has 0 radical (unpaired) electrons. The highest BCUT2D eigenvalue weighted by molar-refractivity contribution is 5.86. The highest BCUT2D eigenvalue weighted by atomic mass is 16.5. The first-order chi connectivity index (χ1) is 14.5. The lowest BCUT2D eigenvalue weighted by atomic mass is 9.83. The number of likely N-dealkylation sites (tertiary alicyclic amines) is 1. The number of anilines is 1. The molecular formula is C23H35N5O2. The van der Waals surface area contributed by atoms with Crippen LogP contribution in [-0.2, 0) is 0 Å². The molecule has 7 nitrogen and oxygen atoms in total. The number of aliphatic hydroxyl groups is 1. The maximum Gasteiger partial charge on any atom is 0.224 e. The first-order valence-electron chi connectivity index (χ1n) is 11.5. The highest BCUT2D eigenvalue weighted by Crippen LogP contribution is 2.38. The monoisotopic (exact) mass is 413 g/mol. The van der Waals surface area contributed by atoms with E-state index in [0.717, 1.165) is 74.5 Å². The summed E-state index contributed by atoms with van der Waals surface area (Å²) >= 11 is 0. The minimum atomic E-state index is -0.176. The predicted octanol–water partition coefficient (Wildman–Crippen LogP) is 3.73. The van der Waals surface area contributed by atoms with Crippen LogP contribution in [0.2, 0.25) is 0 Å². The molecule has 0 aromatic carbocycles. The molecule has 2 aliphatic rings. The van der Waals surface area contributed by atoms with Crippen molar-refractivity contribution in [3.8, 4) is 5.88 Å². The Kier molecular flexibility index (Phi) is 6.68. The Morgan fingerprint density at radius 1 is 1.13 bits per heavy atom. The summed E-state index contributed by atoms with van der Waals surface area (Å²) in [5.41, 5.74) is 2.09. The molecule has 164 valence electrons. The van der Waals surface area contributed by atoms with Crippen LogP contribution >= 0.6 is 0 Å². The summed E-state index contributed by atoms with van der Waals surface area (Å²) in [5, 5.41) is 14.2. The lowest BCUT2D eigenvalue weighted by Gasteiger charge is -2.30. The maximum absolute atomic E-state index is 9.93. The number of nitrogens with one attached hydrogen (secondary N) is 1. The number of fused-ring (bicyclic) bond motifs is 1. The van der Waals surface area contributed by atoms with Gasteiger partial charge >= 0.3 is 0 Å². The van der Waals surface area contributed by atoms with E-state index in [0.29, 0.717) is 23.8 Å². The summed E-state index contributed by atoms with van der Waals surface area (Å²) in [4.78, 5) is 16.5. The molecule has 30 heavy (non-hydrogen) atoms. The van der Waals surface area contributed by atoms with Crippen LogP contribution in [0.4, 0.5) is 5.95 Å². The number of piperidine rings is 1. The SMILES string of the molecule is CC[C@@H](C)Nc1ncc2c(OC3CCN(C)CC3)ncc(C3CCC(O)CC3)c2n1. The van der Waals surface area contributed by atoms with Crippen molar-refractivity contribution in [1.82, 2.24) is 19.9 Å². The standard InChI is InChI=1S/C23H35N5O2/c1-4-15(2)26-23-25-14-20-21(27-23)19(16-5-7-17(29)8-6-16)13-24-22(20)30-18-9-11-28(3)12-10-18/h13-18,29H,4-12H2,1-3H3,(H,25,26,27)/t15-,16?,17?/m1/s1. The number of aliphatic hydroxyl groups excluding tert-OH is 1. The van der Waals surface area contributed by atoms with Crippen LogP contribution < -0.4 is 10.1 Å². The van der Waals surface area contributed by atoms with Gasteiger partial charge in [0.2, 0.25) is 11.8 Å². The minimum Gasteiger partial charge on any atom is -0.474 e. The second-order valence-electron chi connectivity index (χ2n) is 9.05. The number of pyridine rings is 1. The van der Waals surface area contributed by atoms with Crippen LogP contribution in [0.3, 0.4) is 0 Å². The zero-order valence-electron chi connectivity index (χ0n) is 18.5. The van der Waals surface area contributed by atoms with Gasteiger partial charge in [0.15, 0.2) is 0 Å². The second-order valence-corrected chi connectivity index (χ2v) is 9.05. The highest BCUT2D eigenvalue weighted by Gasteiger charge is 2.26. The van der Waals surface area contributed by atoms with Crippen molar-refractivity contribution < 1.29 is 9.84 Å². The third-order valence-electron chi connectivity index (χ3n) is 6.68. The molecule has 0 bridgehead atoms. The molecular weight excluding hydrogens is 378 g/mol. The van der Waals surface area contributed by atoms with Crippen molar-refractivity contribution in [3.05, 3.63) is 18.0 Å². The summed E-state index contributed by atoms with van der Waals surface area (Å²) in [6.07, 6.45) is 10.5. The fourth-order valence-electron chi connectivity index (χ4n) is 4.45. The Morgan fingerprint density at radius 3 is 2.57 bits per heavy atom. The fourth-order valence-corrected chi connectivity index (χ4v) is 4.45. The molecule has 1 saturated carbocycles. The van der Waals surface area contributed by atoms with E-state index in [-0.39, 0.29) is 12.2 Å². The summed E-state index contributed by atoms with van der Waals surface area (Å²) in [7, 11) is 2.15. The molecule has 2 N–H and O–H groups in total. The maximum atomic E-state index is 9.93. The number of hydrogen-bond donors (Lipinski definition) is 2. The summed E-state index contributed by atoms with van der Waals surface area (Å²) in [6, 6.07) is 0.313. The van der Waals surface area contributed by atoms with E-state index in [2.05, 4.69) is 36.1 Å². The van der Waals surface area contributed by atoms with E-state index < -0.39 is 0 Å². The van der Waals surface area contributed by atoms with Crippen molar-refractivity contribution in [2.75, 3.05) is 25.5 Å². The van der Waals surface area contributed by atoms with E-state index in [1.165, 1.54) is 0 Å². The molecule has 2 fully saturated rings. The molecule has 2 aromatic rings. The second kappa shape index (κ2) is 9.43. The molecule has 0 spiro atoms. The summed E-state index contributed by atoms with van der Waals surface area (Å²) < 4.78 is 6.34. The predicted molar refractivity (Wildman–Crippen MR) is 119 cm³/mol. The van der Waals surface area contributed by atoms with Gasteiger partial charge in [-0.2, -0.15) is 0 Å². The van der Waals surface area contributed by atoms with Gasteiger partial charge in [-0.05, 0) is 64.8 Å². The Bertz CT molecular complexity index is 845. The van der Waals surface area contributed by atoms with E-state index in [1.807, 2.05) is 12.4 Å². The van der Waals surface area contributed by atoms with E-state index >= 15 is 0 Å². The van der Waals surface area contributed by atoms with Crippen LogP contribution in [0.5, 0.6) is 5.88 Å². The largest absolute Gasteiger partial charge is 0.474 e. The van der Waals surface area contributed by atoms with Crippen molar-refractivity contribution in [3.63, 3.8) is 0 Å². The number of nitrogens with zero attached hydrogens (tertiary/aromatic N) is 4. The first kappa shape index (κ1) is 21.2. The minimum absolute atomic E-state index is 0.176. The van der Waals surface area contributed by atoms with Crippen LogP contribution in [0.15, 0.2) is 12.4 Å². The van der Waals surface area contributed by atoms with Crippen LogP contribution in [0.1, 0.15) is 70.3 Å². The molecule has 1 atom stereocenters. The Balaban J connectivity index is 1.66. The third-order valence-corrected chi connectivity index (χ3v) is 6.68. The van der Waals surface area contributed by atoms with Crippen molar-refractivity contribution in [2.24, 2.45) is 0 Å². The van der Waals surface area contributed by atoms with Gasteiger partial charge in [-0.15, -0.1) is 0 Å². The van der Waals surface area contributed by atoms with E-state index in [4.69, 9.17) is 14.7 Å². The van der Waals surface area contributed by atoms with Crippen LogP contribution in [0, 0.1) is 0 Å². The Hall–Kier alpha value is -1.99. The van der Waals surface area contributed by atoms with Gasteiger partial charge in [0.1, 0.15) is 6.10 Å². The number of ether oxygens (including phenoxy) is 1. The van der Waals surface area contributed by atoms with Gasteiger partial charge in [-0.1, -0.05) is 6.92 Å². The Morgan fingerprint density at radius 2 is 1.87 bits per heavy atom. The van der Waals surface area contributed by atoms with Gasteiger partial charge in [-0.3, -0.25) is 0 Å². The van der Waals surface area contributed by atoms with Crippen LogP contribution in [0.25, 0.3) is 10.9 Å². The van der Waals surface area contributed by atoms with Gasteiger partial charge in [0.25, 0.3) is 0 Å². The molecule has 1 aliphatic carbocycles. The molecule has 0 amide bonds. The average molecular weight is 414 g/mol. The van der Waals surface area contributed by atoms with Crippen molar-refractivity contribution in [2.45, 2.75) is 83.0 Å². The average Bonchev–Trinajstić information content (AvgIpc) is 2.76.